The molecule has 0 aliphatic rings. The Morgan fingerprint density at radius 3 is 2.32 bits per heavy atom. The number of hydrogen-bond acceptors (Lipinski definition) is 4. The molecule has 0 saturated carbocycles. The van der Waals surface area contributed by atoms with Crippen molar-refractivity contribution in [2.45, 2.75) is 52.1 Å². The SMILES string of the molecule is CN(C)Cc1nc(CO[Si](C)(C)C(C)(C)C)nn1C. The maximum Gasteiger partial charge on any atom is 0.192 e. The zero-order valence-electron chi connectivity index (χ0n) is 13.6. The summed E-state index contributed by atoms with van der Waals surface area (Å²) in [6, 6.07) is 0. The van der Waals surface area contributed by atoms with Gasteiger partial charge in [0.1, 0.15) is 5.82 Å². The average molecular weight is 284 g/mol. The van der Waals surface area contributed by atoms with Crippen molar-refractivity contribution in [2.24, 2.45) is 7.05 Å². The van der Waals surface area contributed by atoms with Crippen molar-refractivity contribution in [1.29, 1.82) is 0 Å². The molecule has 0 spiro atoms. The van der Waals surface area contributed by atoms with Crippen LogP contribution in [0, 0.1) is 0 Å². The van der Waals surface area contributed by atoms with Gasteiger partial charge in [0, 0.05) is 7.05 Å². The van der Waals surface area contributed by atoms with Crippen LogP contribution in [0.1, 0.15) is 32.4 Å². The van der Waals surface area contributed by atoms with Gasteiger partial charge in [-0.3, -0.25) is 4.68 Å². The lowest BCUT2D eigenvalue weighted by Crippen LogP contribution is -2.40. The van der Waals surface area contributed by atoms with Crippen molar-refractivity contribution in [3.8, 4) is 0 Å². The molecule has 0 atom stereocenters. The molecule has 1 aromatic rings. The molecule has 6 heteroatoms. The molecular weight excluding hydrogens is 256 g/mol. The summed E-state index contributed by atoms with van der Waals surface area (Å²) in [5.41, 5.74) is 0. The number of hydrogen-bond donors (Lipinski definition) is 0. The molecule has 1 aromatic heterocycles. The molecule has 5 nitrogen and oxygen atoms in total. The maximum atomic E-state index is 6.14. The van der Waals surface area contributed by atoms with Gasteiger partial charge in [0.25, 0.3) is 0 Å². The van der Waals surface area contributed by atoms with Gasteiger partial charge >= 0.3 is 0 Å². The predicted octanol–water partition coefficient (Wildman–Crippen LogP) is 2.40. The van der Waals surface area contributed by atoms with E-state index in [0.29, 0.717) is 6.61 Å². The van der Waals surface area contributed by atoms with Crippen molar-refractivity contribution in [1.82, 2.24) is 19.7 Å². The minimum absolute atomic E-state index is 0.217. The van der Waals surface area contributed by atoms with Crippen molar-refractivity contribution < 1.29 is 4.43 Å². The number of aryl methyl sites for hydroxylation is 1. The molecule has 110 valence electrons. The third-order valence-electron chi connectivity index (χ3n) is 3.72. The molecule has 0 saturated heterocycles. The van der Waals surface area contributed by atoms with Gasteiger partial charge in [-0.05, 0) is 32.2 Å². The standard InChI is InChI=1S/C13H28N4OSi/c1-13(2,3)19(7,8)18-10-11-14-12(9-16(4)5)17(6)15-11/h9-10H2,1-8H3. The molecule has 0 radical (unpaired) electrons. The van der Waals surface area contributed by atoms with E-state index in [-0.39, 0.29) is 5.04 Å². The summed E-state index contributed by atoms with van der Waals surface area (Å²) in [6.45, 7) is 12.5. The Morgan fingerprint density at radius 2 is 1.84 bits per heavy atom. The normalized spacial score (nSPS) is 13.3. The van der Waals surface area contributed by atoms with Crippen LogP contribution in [0.3, 0.4) is 0 Å². The molecular formula is C13H28N4OSi. The van der Waals surface area contributed by atoms with Crippen LogP contribution in [0.4, 0.5) is 0 Å². The van der Waals surface area contributed by atoms with Gasteiger partial charge in [-0.1, -0.05) is 20.8 Å². The Morgan fingerprint density at radius 1 is 1.26 bits per heavy atom. The lowest BCUT2D eigenvalue weighted by atomic mass is 10.2. The van der Waals surface area contributed by atoms with Crippen LogP contribution in [0.2, 0.25) is 18.1 Å². The third kappa shape index (κ3) is 4.40. The predicted molar refractivity (Wildman–Crippen MR) is 80.4 cm³/mol. The molecule has 1 rings (SSSR count). The summed E-state index contributed by atoms with van der Waals surface area (Å²) in [5.74, 6) is 1.75. The Kier molecular flexibility index (Phi) is 4.92. The van der Waals surface area contributed by atoms with E-state index in [9.17, 15) is 0 Å². The first kappa shape index (κ1) is 16.3. The van der Waals surface area contributed by atoms with Gasteiger partial charge in [-0.2, -0.15) is 5.10 Å². The Balaban J connectivity index is 2.69. The van der Waals surface area contributed by atoms with Gasteiger partial charge in [0.2, 0.25) is 0 Å². The molecule has 19 heavy (non-hydrogen) atoms. The summed E-state index contributed by atoms with van der Waals surface area (Å²) in [7, 11) is 4.26. The highest BCUT2D eigenvalue weighted by Crippen LogP contribution is 2.36. The second kappa shape index (κ2) is 5.72. The average Bonchev–Trinajstić information content (AvgIpc) is 2.54. The Labute approximate surface area is 118 Å². The quantitative estimate of drug-likeness (QED) is 0.779. The summed E-state index contributed by atoms with van der Waals surface area (Å²) in [4.78, 5) is 6.63. The number of aromatic nitrogens is 3. The van der Waals surface area contributed by atoms with Crippen LogP contribution in [0.15, 0.2) is 0 Å². The summed E-state index contributed by atoms with van der Waals surface area (Å²) < 4.78 is 7.98. The number of nitrogens with zero attached hydrogens (tertiary/aromatic N) is 4. The van der Waals surface area contributed by atoms with Gasteiger partial charge in [0.05, 0.1) is 13.2 Å². The lowest BCUT2D eigenvalue weighted by molar-refractivity contribution is 0.267. The first-order valence-corrected chi connectivity index (χ1v) is 9.61. The fourth-order valence-corrected chi connectivity index (χ4v) is 2.34. The minimum atomic E-state index is -1.73. The van der Waals surface area contributed by atoms with E-state index in [1.807, 2.05) is 25.8 Å². The largest absolute Gasteiger partial charge is 0.409 e. The first-order chi connectivity index (χ1) is 8.53. The molecule has 0 aliphatic heterocycles. The van der Waals surface area contributed by atoms with Crippen molar-refractivity contribution in [3.05, 3.63) is 11.6 Å². The van der Waals surface area contributed by atoms with Crippen LogP contribution >= 0.6 is 0 Å². The van der Waals surface area contributed by atoms with Crippen LogP contribution < -0.4 is 0 Å². The molecule has 0 bridgehead atoms. The molecule has 0 fully saturated rings. The van der Waals surface area contributed by atoms with Crippen LogP contribution in [0.5, 0.6) is 0 Å². The summed E-state index contributed by atoms with van der Waals surface area (Å²) in [6.07, 6.45) is 0. The van der Waals surface area contributed by atoms with Gasteiger partial charge in [-0.15, -0.1) is 0 Å². The zero-order valence-corrected chi connectivity index (χ0v) is 14.6. The Hall–Kier alpha value is -0.723. The monoisotopic (exact) mass is 284 g/mol. The molecule has 0 aliphatic carbocycles. The van der Waals surface area contributed by atoms with Gasteiger partial charge in [0.15, 0.2) is 14.1 Å². The molecule has 1 heterocycles. The van der Waals surface area contributed by atoms with Gasteiger partial charge < -0.3 is 9.33 Å². The Bertz CT molecular complexity index is 421. The minimum Gasteiger partial charge on any atom is -0.409 e. The molecule has 0 amide bonds. The van der Waals surface area contributed by atoms with E-state index in [0.717, 1.165) is 18.2 Å². The van der Waals surface area contributed by atoms with Crippen molar-refractivity contribution >= 4 is 8.32 Å². The van der Waals surface area contributed by atoms with Crippen LogP contribution in [-0.4, -0.2) is 42.1 Å². The van der Waals surface area contributed by atoms with E-state index in [1.54, 1.807) is 0 Å². The van der Waals surface area contributed by atoms with Crippen molar-refractivity contribution in [2.75, 3.05) is 14.1 Å². The fourth-order valence-electron chi connectivity index (χ4n) is 1.42. The topological polar surface area (TPSA) is 43.2 Å². The zero-order chi connectivity index (χ0) is 14.8. The second-order valence-electron chi connectivity index (χ2n) is 6.85. The first-order valence-electron chi connectivity index (χ1n) is 6.70. The second-order valence-corrected chi connectivity index (χ2v) is 11.7. The van der Waals surface area contributed by atoms with E-state index < -0.39 is 8.32 Å². The van der Waals surface area contributed by atoms with Crippen LogP contribution in [-0.2, 0) is 24.6 Å². The van der Waals surface area contributed by atoms with E-state index in [2.05, 4.69) is 48.8 Å². The highest BCUT2D eigenvalue weighted by atomic mass is 28.4. The molecule has 0 unspecified atom stereocenters. The lowest BCUT2D eigenvalue weighted by Gasteiger charge is -2.35. The summed E-state index contributed by atoms with van der Waals surface area (Å²) in [5, 5.41) is 4.64. The summed E-state index contributed by atoms with van der Waals surface area (Å²) >= 11 is 0. The third-order valence-corrected chi connectivity index (χ3v) is 8.20. The highest BCUT2D eigenvalue weighted by Gasteiger charge is 2.37. The van der Waals surface area contributed by atoms with Crippen molar-refractivity contribution in [3.63, 3.8) is 0 Å². The van der Waals surface area contributed by atoms with E-state index in [4.69, 9.17) is 4.43 Å². The van der Waals surface area contributed by atoms with Gasteiger partial charge in [-0.25, -0.2) is 4.98 Å². The van der Waals surface area contributed by atoms with Crippen LogP contribution in [0.25, 0.3) is 0 Å². The number of rotatable bonds is 5. The highest BCUT2D eigenvalue weighted by molar-refractivity contribution is 6.74. The molecule has 0 N–H and O–H groups in total. The maximum absolute atomic E-state index is 6.14. The fraction of sp³-hybridized carbons (Fsp3) is 0.846. The van der Waals surface area contributed by atoms with E-state index in [1.165, 1.54) is 0 Å². The smallest absolute Gasteiger partial charge is 0.192 e. The van der Waals surface area contributed by atoms with E-state index >= 15 is 0 Å². The molecule has 0 aromatic carbocycles.